The van der Waals surface area contributed by atoms with Crippen molar-refractivity contribution in [3.05, 3.63) is 59.2 Å². The highest BCUT2D eigenvalue weighted by Gasteiger charge is 2.21. The highest BCUT2D eigenvalue weighted by atomic mass is 16.5. The fourth-order valence-electron chi connectivity index (χ4n) is 3.80. The number of hydrogen-bond donors (Lipinski definition) is 1. The van der Waals surface area contributed by atoms with Crippen molar-refractivity contribution < 1.29 is 19.1 Å². The van der Waals surface area contributed by atoms with E-state index in [0.29, 0.717) is 36.6 Å². The highest BCUT2D eigenvalue weighted by Crippen LogP contribution is 2.27. The molecule has 0 saturated heterocycles. The second kappa shape index (κ2) is 14.3. The maximum absolute atomic E-state index is 13.2. The molecule has 1 N–H and O–H groups in total. The highest BCUT2D eigenvalue weighted by molar-refractivity contribution is 5.94. The Labute approximate surface area is 204 Å². The van der Waals surface area contributed by atoms with Crippen molar-refractivity contribution in [1.82, 2.24) is 10.2 Å². The molecular weight excluding hydrogens is 428 g/mol. The van der Waals surface area contributed by atoms with Gasteiger partial charge in [-0.1, -0.05) is 38.5 Å². The molecule has 2 aromatic carbocycles. The molecule has 6 nitrogen and oxygen atoms in total. The minimum atomic E-state index is -0.0588. The molecule has 0 aliphatic heterocycles. The van der Waals surface area contributed by atoms with Crippen LogP contribution >= 0.6 is 0 Å². The molecule has 0 heterocycles. The average Bonchev–Trinajstić information content (AvgIpc) is 2.87. The number of nitrogens with one attached hydrogen (secondary N) is 1. The number of aryl methyl sites for hydroxylation is 1. The van der Waals surface area contributed by atoms with Crippen molar-refractivity contribution in [2.24, 2.45) is 0 Å². The van der Waals surface area contributed by atoms with Gasteiger partial charge in [0.1, 0.15) is 0 Å². The molecule has 0 saturated carbocycles. The molecule has 0 fully saturated rings. The van der Waals surface area contributed by atoms with Crippen LogP contribution in [0.3, 0.4) is 0 Å². The summed E-state index contributed by atoms with van der Waals surface area (Å²) in [6.07, 6.45) is 5.12. The van der Waals surface area contributed by atoms with Gasteiger partial charge in [-0.15, -0.1) is 0 Å². The number of carbonyl (C=O) groups excluding carboxylic acids is 2. The van der Waals surface area contributed by atoms with Gasteiger partial charge < -0.3 is 19.7 Å². The van der Waals surface area contributed by atoms with Crippen LogP contribution in [0.25, 0.3) is 0 Å². The van der Waals surface area contributed by atoms with E-state index in [1.54, 1.807) is 14.2 Å². The first kappa shape index (κ1) is 27.2. The number of amides is 2. The number of nitrogens with zero attached hydrogens (tertiary/aromatic N) is 1. The summed E-state index contributed by atoms with van der Waals surface area (Å²) in [7, 11) is 3.21. The zero-order chi connectivity index (χ0) is 24.9. The van der Waals surface area contributed by atoms with Gasteiger partial charge in [-0.2, -0.15) is 0 Å². The van der Waals surface area contributed by atoms with Crippen LogP contribution in [-0.4, -0.2) is 50.1 Å². The molecule has 2 amide bonds. The summed E-state index contributed by atoms with van der Waals surface area (Å²) in [4.78, 5) is 27.5. The first-order chi connectivity index (χ1) is 16.4. The van der Waals surface area contributed by atoms with E-state index in [0.717, 1.165) is 31.2 Å². The molecular formula is C28H40N2O4. The van der Waals surface area contributed by atoms with Crippen LogP contribution in [0.1, 0.15) is 67.9 Å². The molecule has 0 spiro atoms. The molecule has 1 unspecified atom stereocenters. The van der Waals surface area contributed by atoms with Crippen molar-refractivity contribution in [2.75, 3.05) is 27.3 Å². The average molecular weight is 469 g/mol. The molecule has 0 aliphatic rings. The number of methoxy groups -OCH3 is 2. The largest absolute Gasteiger partial charge is 0.493 e. The Balaban J connectivity index is 1.89. The van der Waals surface area contributed by atoms with Crippen molar-refractivity contribution in [1.29, 1.82) is 0 Å². The lowest BCUT2D eigenvalue weighted by Gasteiger charge is -2.28. The van der Waals surface area contributed by atoms with E-state index in [4.69, 9.17) is 9.47 Å². The fraction of sp³-hybridized carbons (Fsp3) is 0.500. The van der Waals surface area contributed by atoms with Gasteiger partial charge in [-0.25, -0.2) is 0 Å². The predicted octanol–water partition coefficient (Wildman–Crippen LogP) is 5.04. The number of benzene rings is 2. The molecule has 34 heavy (non-hydrogen) atoms. The zero-order valence-electron chi connectivity index (χ0n) is 21.4. The predicted molar refractivity (Wildman–Crippen MR) is 137 cm³/mol. The van der Waals surface area contributed by atoms with E-state index in [1.807, 2.05) is 54.3 Å². The third-order valence-electron chi connectivity index (χ3n) is 6.17. The Bertz CT molecular complexity index is 911. The van der Waals surface area contributed by atoms with Crippen LogP contribution in [-0.2, 0) is 17.6 Å². The summed E-state index contributed by atoms with van der Waals surface area (Å²) < 4.78 is 10.6. The quantitative estimate of drug-likeness (QED) is 0.422. The Morgan fingerprint density at radius 1 is 0.941 bits per heavy atom. The van der Waals surface area contributed by atoms with E-state index < -0.39 is 0 Å². The minimum absolute atomic E-state index is 0.0190. The Morgan fingerprint density at radius 3 is 2.24 bits per heavy atom. The lowest BCUT2D eigenvalue weighted by molar-refractivity contribution is -0.121. The monoisotopic (exact) mass is 468 g/mol. The van der Waals surface area contributed by atoms with Gasteiger partial charge in [0.05, 0.1) is 14.2 Å². The number of unbranched alkanes of at least 4 members (excludes halogenated alkanes) is 1. The fourth-order valence-corrected chi connectivity index (χ4v) is 3.80. The van der Waals surface area contributed by atoms with E-state index in [2.05, 4.69) is 19.2 Å². The molecule has 6 heteroatoms. The molecule has 0 aliphatic carbocycles. The van der Waals surface area contributed by atoms with Crippen LogP contribution < -0.4 is 14.8 Å². The summed E-state index contributed by atoms with van der Waals surface area (Å²) in [6.45, 7) is 7.18. The SMILES string of the molecule is CCCCc1ccc(C(=O)N(CCC(=O)NCCc2ccc(OC)c(OC)c2)C(C)CC)cc1. The Hall–Kier alpha value is -3.02. The van der Waals surface area contributed by atoms with Gasteiger partial charge in [-0.3, -0.25) is 9.59 Å². The van der Waals surface area contributed by atoms with Gasteiger partial charge in [0, 0.05) is 31.1 Å². The summed E-state index contributed by atoms with van der Waals surface area (Å²) >= 11 is 0. The van der Waals surface area contributed by atoms with E-state index in [9.17, 15) is 9.59 Å². The summed E-state index contributed by atoms with van der Waals surface area (Å²) in [5, 5.41) is 2.97. The van der Waals surface area contributed by atoms with Crippen molar-refractivity contribution in [3.63, 3.8) is 0 Å². The zero-order valence-corrected chi connectivity index (χ0v) is 21.4. The van der Waals surface area contributed by atoms with Crippen molar-refractivity contribution in [2.45, 2.75) is 65.3 Å². The second-order valence-electron chi connectivity index (χ2n) is 8.60. The summed E-state index contributed by atoms with van der Waals surface area (Å²) in [5.74, 6) is 1.28. The maximum atomic E-state index is 13.2. The van der Waals surface area contributed by atoms with Crippen LogP contribution in [0, 0.1) is 0 Å². The van der Waals surface area contributed by atoms with Crippen LogP contribution in [0.4, 0.5) is 0 Å². The lowest BCUT2D eigenvalue weighted by Crippen LogP contribution is -2.41. The number of hydrogen-bond acceptors (Lipinski definition) is 4. The standard InChI is InChI=1S/C28H40N2O4/c1-6-8-9-22-10-13-24(14-11-22)28(32)30(21(3)7-2)19-17-27(31)29-18-16-23-12-15-25(33-4)26(20-23)34-5/h10-15,20-21H,6-9,16-19H2,1-5H3,(H,29,31). The van der Waals surface area contributed by atoms with E-state index >= 15 is 0 Å². The molecule has 0 bridgehead atoms. The first-order valence-electron chi connectivity index (χ1n) is 12.3. The van der Waals surface area contributed by atoms with Crippen molar-refractivity contribution in [3.8, 4) is 11.5 Å². The van der Waals surface area contributed by atoms with Gasteiger partial charge in [-0.05, 0) is 68.0 Å². The van der Waals surface area contributed by atoms with Crippen molar-refractivity contribution >= 4 is 11.8 Å². The number of carbonyl (C=O) groups is 2. The van der Waals surface area contributed by atoms with Gasteiger partial charge in [0.15, 0.2) is 11.5 Å². The molecule has 0 radical (unpaired) electrons. The smallest absolute Gasteiger partial charge is 0.254 e. The van der Waals surface area contributed by atoms with Gasteiger partial charge >= 0.3 is 0 Å². The molecule has 0 aromatic heterocycles. The Kier molecular flexibility index (Phi) is 11.4. The second-order valence-corrected chi connectivity index (χ2v) is 8.60. The lowest BCUT2D eigenvalue weighted by atomic mass is 10.0. The minimum Gasteiger partial charge on any atom is -0.493 e. The molecule has 2 aromatic rings. The summed E-state index contributed by atoms with van der Waals surface area (Å²) in [6, 6.07) is 13.7. The van der Waals surface area contributed by atoms with Crippen LogP contribution in [0.5, 0.6) is 11.5 Å². The maximum Gasteiger partial charge on any atom is 0.254 e. The van der Waals surface area contributed by atoms with E-state index in [1.165, 1.54) is 5.56 Å². The van der Waals surface area contributed by atoms with Crippen LogP contribution in [0.2, 0.25) is 0 Å². The third-order valence-corrected chi connectivity index (χ3v) is 6.17. The number of rotatable bonds is 14. The third kappa shape index (κ3) is 8.08. The summed E-state index contributed by atoms with van der Waals surface area (Å²) in [5.41, 5.74) is 2.98. The van der Waals surface area contributed by atoms with Gasteiger partial charge in [0.25, 0.3) is 5.91 Å². The molecule has 1 atom stereocenters. The van der Waals surface area contributed by atoms with E-state index in [-0.39, 0.29) is 24.3 Å². The van der Waals surface area contributed by atoms with Gasteiger partial charge in [0.2, 0.25) is 5.91 Å². The molecule has 2 rings (SSSR count). The topological polar surface area (TPSA) is 67.9 Å². The Morgan fingerprint density at radius 2 is 1.62 bits per heavy atom. The first-order valence-corrected chi connectivity index (χ1v) is 12.3. The normalized spacial score (nSPS) is 11.6. The molecule has 186 valence electrons. The van der Waals surface area contributed by atoms with Crippen LogP contribution in [0.15, 0.2) is 42.5 Å². The number of ether oxygens (including phenoxy) is 2.